The van der Waals surface area contributed by atoms with E-state index in [0.29, 0.717) is 39.4 Å². The maximum absolute atomic E-state index is 13.7. The largest absolute Gasteiger partial charge is 0.493 e. The number of nitrogens with zero attached hydrogens (tertiary/aromatic N) is 2. The van der Waals surface area contributed by atoms with Crippen LogP contribution in [0.5, 0.6) is 11.5 Å². The summed E-state index contributed by atoms with van der Waals surface area (Å²) in [5.74, 6) is 1.64. The van der Waals surface area contributed by atoms with Crippen LogP contribution in [0.25, 0.3) is 11.0 Å². The standard InChI is InChI=1S/C26H23ClN4O3/c1-15-23(25(32)29-18-11-9-17(27)10-12-18)24(16-8-13-21(33-2)22(14-16)34-3)31-20-7-5-4-6-19(20)30-26(31)28-15/h4-14,24H,1-3H3,(H,28,30)(H,29,32). The van der Waals surface area contributed by atoms with Crippen LogP contribution in [0.2, 0.25) is 5.02 Å². The number of hydrogen-bond donors (Lipinski definition) is 2. The number of amides is 1. The lowest BCUT2D eigenvalue weighted by molar-refractivity contribution is -0.113. The molecule has 1 atom stereocenters. The summed E-state index contributed by atoms with van der Waals surface area (Å²) >= 11 is 6.01. The lowest BCUT2D eigenvalue weighted by atomic mass is 9.94. The van der Waals surface area contributed by atoms with Crippen molar-refractivity contribution in [3.8, 4) is 11.5 Å². The van der Waals surface area contributed by atoms with Gasteiger partial charge in [-0.1, -0.05) is 29.8 Å². The van der Waals surface area contributed by atoms with Crippen LogP contribution in [0.4, 0.5) is 11.6 Å². The molecule has 1 unspecified atom stereocenters. The molecule has 0 saturated carbocycles. The van der Waals surface area contributed by atoms with Gasteiger partial charge in [0.25, 0.3) is 5.91 Å². The number of hydrogen-bond acceptors (Lipinski definition) is 5. The molecule has 34 heavy (non-hydrogen) atoms. The van der Waals surface area contributed by atoms with Gasteiger partial charge >= 0.3 is 0 Å². The summed E-state index contributed by atoms with van der Waals surface area (Å²) in [4.78, 5) is 18.4. The van der Waals surface area contributed by atoms with Crippen molar-refractivity contribution in [2.75, 3.05) is 24.9 Å². The minimum absolute atomic E-state index is 0.226. The zero-order valence-corrected chi connectivity index (χ0v) is 19.7. The maximum Gasteiger partial charge on any atom is 0.255 e. The molecule has 0 saturated heterocycles. The number of allylic oxidation sites excluding steroid dienone is 1. The number of carbonyl (C=O) groups is 1. The monoisotopic (exact) mass is 474 g/mol. The number of carbonyl (C=O) groups excluding carboxylic acids is 1. The summed E-state index contributed by atoms with van der Waals surface area (Å²) in [7, 11) is 3.19. The molecule has 5 rings (SSSR count). The molecule has 1 aliphatic rings. The van der Waals surface area contributed by atoms with Crippen LogP contribution in [-0.4, -0.2) is 29.7 Å². The highest BCUT2D eigenvalue weighted by molar-refractivity contribution is 6.30. The first-order valence-electron chi connectivity index (χ1n) is 10.7. The van der Waals surface area contributed by atoms with Crippen molar-refractivity contribution in [1.82, 2.24) is 9.55 Å². The van der Waals surface area contributed by atoms with Crippen LogP contribution in [0.1, 0.15) is 18.5 Å². The number of fused-ring (bicyclic) bond motifs is 3. The smallest absolute Gasteiger partial charge is 0.255 e. The van der Waals surface area contributed by atoms with Crippen molar-refractivity contribution in [2.45, 2.75) is 13.0 Å². The number of halogens is 1. The van der Waals surface area contributed by atoms with Gasteiger partial charge in [-0.2, -0.15) is 0 Å². The van der Waals surface area contributed by atoms with Gasteiger partial charge in [0.2, 0.25) is 5.95 Å². The predicted molar refractivity (Wildman–Crippen MR) is 134 cm³/mol. The van der Waals surface area contributed by atoms with Crippen LogP contribution in [0.3, 0.4) is 0 Å². The van der Waals surface area contributed by atoms with E-state index in [4.69, 9.17) is 26.1 Å². The third kappa shape index (κ3) is 3.74. The van der Waals surface area contributed by atoms with E-state index in [2.05, 4.69) is 10.6 Å². The van der Waals surface area contributed by atoms with E-state index in [1.807, 2.05) is 54.0 Å². The Kier molecular flexibility index (Phi) is 5.63. The van der Waals surface area contributed by atoms with Crippen molar-refractivity contribution in [3.63, 3.8) is 0 Å². The Bertz CT molecular complexity index is 1430. The van der Waals surface area contributed by atoms with E-state index in [1.54, 1.807) is 38.5 Å². The summed E-state index contributed by atoms with van der Waals surface area (Å²) in [5.41, 5.74) is 4.55. The van der Waals surface area contributed by atoms with E-state index >= 15 is 0 Å². The molecule has 7 nitrogen and oxygen atoms in total. The number of para-hydroxylation sites is 2. The molecular weight excluding hydrogens is 452 g/mol. The van der Waals surface area contributed by atoms with Crippen molar-refractivity contribution in [2.24, 2.45) is 0 Å². The quantitative estimate of drug-likeness (QED) is 0.391. The van der Waals surface area contributed by atoms with Gasteiger partial charge in [-0.25, -0.2) is 4.98 Å². The molecule has 0 aliphatic carbocycles. The van der Waals surface area contributed by atoms with Crippen LogP contribution in [0.15, 0.2) is 78.0 Å². The number of imidazole rings is 1. The highest BCUT2D eigenvalue weighted by atomic mass is 35.5. The molecule has 0 fully saturated rings. The molecule has 172 valence electrons. The second-order valence-corrected chi connectivity index (χ2v) is 8.37. The minimum Gasteiger partial charge on any atom is -0.493 e. The lowest BCUT2D eigenvalue weighted by Crippen LogP contribution is -2.31. The average Bonchev–Trinajstić information content (AvgIpc) is 3.21. The minimum atomic E-state index is -0.448. The van der Waals surface area contributed by atoms with E-state index in [0.717, 1.165) is 16.6 Å². The van der Waals surface area contributed by atoms with Crippen LogP contribution < -0.4 is 20.1 Å². The molecule has 0 spiro atoms. The fourth-order valence-electron chi connectivity index (χ4n) is 4.33. The highest BCUT2D eigenvalue weighted by Crippen LogP contribution is 2.41. The van der Waals surface area contributed by atoms with Crippen LogP contribution in [-0.2, 0) is 4.79 Å². The van der Waals surface area contributed by atoms with Crippen molar-refractivity contribution >= 4 is 40.2 Å². The van der Waals surface area contributed by atoms with Crippen molar-refractivity contribution in [1.29, 1.82) is 0 Å². The molecule has 3 aromatic carbocycles. The molecular formula is C26H23ClN4O3. The second-order valence-electron chi connectivity index (χ2n) is 7.94. The summed E-state index contributed by atoms with van der Waals surface area (Å²) < 4.78 is 13.0. The Balaban J connectivity index is 1.67. The molecule has 4 aromatic rings. The fourth-order valence-corrected chi connectivity index (χ4v) is 4.45. The lowest BCUT2D eigenvalue weighted by Gasteiger charge is -2.31. The van der Waals surface area contributed by atoms with Crippen LogP contribution in [0, 0.1) is 0 Å². The number of methoxy groups -OCH3 is 2. The number of ether oxygens (including phenoxy) is 2. The topological polar surface area (TPSA) is 77.4 Å². The third-order valence-electron chi connectivity index (χ3n) is 5.90. The summed E-state index contributed by atoms with van der Waals surface area (Å²) in [5, 5.41) is 6.93. The Morgan fingerprint density at radius 1 is 1.03 bits per heavy atom. The number of nitrogens with one attached hydrogen (secondary N) is 2. The Labute approximate surface area is 202 Å². The van der Waals surface area contributed by atoms with Gasteiger partial charge in [-0.05, 0) is 61.0 Å². The van der Waals surface area contributed by atoms with Gasteiger partial charge in [0.05, 0.1) is 36.9 Å². The van der Waals surface area contributed by atoms with Crippen LogP contribution >= 0.6 is 11.6 Å². The molecule has 1 aliphatic heterocycles. The normalized spacial score (nSPS) is 15.0. The number of rotatable bonds is 5. The maximum atomic E-state index is 13.7. The first-order chi connectivity index (χ1) is 16.5. The number of aromatic nitrogens is 2. The van der Waals surface area contributed by atoms with Gasteiger partial charge in [-0.3, -0.25) is 9.36 Å². The Morgan fingerprint density at radius 3 is 2.50 bits per heavy atom. The second kappa shape index (κ2) is 8.76. The van der Waals surface area contributed by atoms with Gasteiger partial charge in [0.1, 0.15) is 0 Å². The predicted octanol–water partition coefficient (Wildman–Crippen LogP) is 5.63. The first kappa shape index (κ1) is 21.9. The first-order valence-corrected chi connectivity index (χ1v) is 11.1. The molecule has 8 heteroatoms. The summed E-state index contributed by atoms with van der Waals surface area (Å²) in [6, 6.07) is 20.1. The Morgan fingerprint density at radius 2 is 1.76 bits per heavy atom. The van der Waals surface area contributed by atoms with Crippen molar-refractivity contribution in [3.05, 3.63) is 88.6 Å². The zero-order chi connectivity index (χ0) is 23.8. The van der Waals surface area contributed by atoms with E-state index < -0.39 is 6.04 Å². The molecule has 2 N–H and O–H groups in total. The van der Waals surface area contributed by atoms with Gasteiger partial charge in [0, 0.05) is 16.4 Å². The van der Waals surface area contributed by atoms with Gasteiger partial charge in [0.15, 0.2) is 11.5 Å². The molecule has 2 heterocycles. The molecule has 1 amide bonds. The SMILES string of the molecule is COc1ccc(C2C(C(=O)Nc3ccc(Cl)cc3)=C(C)Nc3nc4ccccc4n32)cc1OC. The number of benzene rings is 3. The summed E-state index contributed by atoms with van der Waals surface area (Å²) in [6.45, 7) is 1.88. The molecule has 1 aromatic heterocycles. The Hall–Kier alpha value is -3.97. The van der Waals surface area contributed by atoms with Gasteiger partial charge in [-0.15, -0.1) is 0 Å². The van der Waals surface area contributed by atoms with E-state index in [-0.39, 0.29) is 5.91 Å². The summed E-state index contributed by atoms with van der Waals surface area (Å²) in [6.07, 6.45) is 0. The fraction of sp³-hybridized carbons (Fsp3) is 0.154. The van der Waals surface area contributed by atoms with E-state index in [9.17, 15) is 4.79 Å². The molecule has 0 bridgehead atoms. The van der Waals surface area contributed by atoms with Crippen molar-refractivity contribution < 1.29 is 14.3 Å². The van der Waals surface area contributed by atoms with E-state index in [1.165, 1.54) is 0 Å². The number of anilines is 2. The highest BCUT2D eigenvalue weighted by Gasteiger charge is 2.34. The average molecular weight is 475 g/mol. The third-order valence-corrected chi connectivity index (χ3v) is 6.15. The van der Waals surface area contributed by atoms with Gasteiger partial charge < -0.3 is 20.1 Å². The molecule has 0 radical (unpaired) electrons. The zero-order valence-electron chi connectivity index (χ0n) is 18.9.